The molecule has 0 saturated carbocycles. The van der Waals surface area contributed by atoms with Crippen LogP contribution in [0.25, 0.3) is 0 Å². The Labute approximate surface area is 266 Å². The Morgan fingerprint density at radius 3 is 1.95 bits per heavy atom. The summed E-state index contributed by atoms with van der Waals surface area (Å²) in [6.45, 7) is 17.7. The van der Waals surface area contributed by atoms with Crippen molar-refractivity contribution in [2.45, 2.75) is 89.7 Å². The molecule has 6 nitrogen and oxygen atoms in total. The zero-order valence-corrected chi connectivity index (χ0v) is 28.6. The van der Waals surface area contributed by atoms with Gasteiger partial charge >= 0.3 is 6.09 Å². The van der Waals surface area contributed by atoms with E-state index in [-0.39, 0.29) is 16.7 Å². The Morgan fingerprint density at radius 2 is 1.39 bits per heavy atom. The Kier molecular flexibility index (Phi) is 9.76. The second-order valence-corrected chi connectivity index (χ2v) is 19.0. The molecule has 2 saturated heterocycles. The van der Waals surface area contributed by atoms with Gasteiger partial charge in [0.25, 0.3) is 0 Å². The minimum atomic E-state index is -1.89. The van der Waals surface area contributed by atoms with Crippen molar-refractivity contribution in [1.29, 1.82) is 0 Å². The van der Waals surface area contributed by atoms with Crippen molar-refractivity contribution in [2.75, 3.05) is 31.1 Å². The smallest absolute Gasteiger partial charge is 0.410 e. The van der Waals surface area contributed by atoms with Gasteiger partial charge in [-0.25, -0.2) is 4.79 Å². The van der Waals surface area contributed by atoms with Crippen molar-refractivity contribution in [3.05, 3.63) is 90.5 Å². The van der Waals surface area contributed by atoms with E-state index in [1.165, 1.54) is 11.4 Å². The molecule has 3 aromatic rings. The Hall–Kier alpha value is -3.29. The topological polar surface area (TPSA) is 45.2 Å². The van der Waals surface area contributed by atoms with Crippen molar-refractivity contribution in [3.63, 3.8) is 0 Å². The van der Waals surface area contributed by atoms with Crippen molar-refractivity contribution >= 4 is 25.8 Å². The molecule has 0 bridgehead atoms. The van der Waals surface area contributed by atoms with Crippen molar-refractivity contribution < 1.29 is 14.0 Å². The lowest BCUT2D eigenvalue weighted by Crippen LogP contribution is -2.57. The molecule has 44 heavy (non-hydrogen) atoms. The minimum Gasteiger partial charge on any atom is -0.544 e. The van der Waals surface area contributed by atoms with Gasteiger partial charge in [-0.15, -0.1) is 0 Å². The number of para-hydroxylation sites is 1. The van der Waals surface area contributed by atoms with Crippen molar-refractivity contribution in [2.24, 2.45) is 0 Å². The third-order valence-electron chi connectivity index (χ3n) is 10.2. The average Bonchev–Trinajstić information content (AvgIpc) is 3.02. The highest BCUT2D eigenvalue weighted by molar-refractivity contribution is 6.74. The zero-order valence-electron chi connectivity index (χ0n) is 27.6. The van der Waals surface area contributed by atoms with E-state index >= 15 is 0 Å². The monoisotopic (exact) mass is 613 g/mol. The number of carbonyl (C=O) groups excluding carboxylic acids is 1. The Morgan fingerprint density at radius 1 is 0.841 bits per heavy atom. The van der Waals surface area contributed by atoms with Gasteiger partial charge in [0.15, 0.2) is 0 Å². The van der Waals surface area contributed by atoms with E-state index in [2.05, 4.69) is 105 Å². The fourth-order valence-corrected chi connectivity index (χ4v) is 7.28. The fraction of sp³-hybridized carbons (Fsp3) is 0.486. The minimum absolute atomic E-state index is 0.0987. The van der Waals surface area contributed by atoms with Crippen molar-refractivity contribution in [1.82, 2.24) is 9.80 Å². The summed E-state index contributed by atoms with van der Waals surface area (Å²) in [5.41, 5.74) is 3.57. The summed E-state index contributed by atoms with van der Waals surface area (Å²) < 4.78 is 12.2. The lowest BCUT2D eigenvalue weighted by molar-refractivity contribution is 0.0135. The number of hydrogen-bond donors (Lipinski definition) is 0. The number of nitrogens with zero attached hydrogens (tertiary/aromatic N) is 3. The number of likely N-dealkylation sites (tertiary alicyclic amines) is 2. The summed E-state index contributed by atoms with van der Waals surface area (Å²) >= 11 is 0. The molecule has 2 heterocycles. The van der Waals surface area contributed by atoms with Gasteiger partial charge in [0, 0.05) is 49.1 Å². The lowest BCUT2D eigenvalue weighted by Gasteiger charge is -2.50. The first-order chi connectivity index (χ1) is 21.0. The van der Waals surface area contributed by atoms with Gasteiger partial charge in [-0.3, -0.25) is 4.90 Å². The van der Waals surface area contributed by atoms with Crippen LogP contribution in [-0.4, -0.2) is 62.0 Å². The van der Waals surface area contributed by atoms with E-state index in [0.717, 1.165) is 63.2 Å². The Balaban J connectivity index is 1.20. The van der Waals surface area contributed by atoms with Crippen LogP contribution in [0.3, 0.4) is 0 Å². The number of rotatable bonds is 8. The summed E-state index contributed by atoms with van der Waals surface area (Å²) in [5.74, 6) is 0.964. The van der Waals surface area contributed by atoms with E-state index < -0.39 is 8.32 Å². The molecule has 0 N–H and O–H groups in total. The molecule has 5 rings (SSSR count). The fourth-order valence-electron chi connectivity index (χ4n) is 6.24. The standard InChI is InChI=1S/C37H51N3O3Si/c1-36(2,3)44(5,6)43-34-19-17-32(18-20-34)40(31-15-11-8-12-16-31)33-21-25-39(26-22-33)37(4)23-27-38(28-24-37)35(41)42-29-30-13-9-7-10-14-30/h7-20,33H,21-29H2,1-6H3. The molecular weight excluding hydrogens is 563 g/mol. The molecule has 0 unspecified atom stereocenters. The molecule has 7 heteroatoms. The maximum atomic E-state index is 12.8. The van der Waals surface area contributed by atoms with Gasteiger partial charge in [-0.2, -0.15) is 0 Å². The lowest BCUT2D eigenvalue weighted by atomic mass is 9.85. The van der Waals surface area contributed by atoms with Crippen LogP contribution in [0.15, 0.2) is 84.9 Å². The van der Waals surface area contributed by atoms with Gasteiger partial charge < -0.3 is 19.0 Å². The zero-order chi connectivity index (χ0) is 31.4. The van der Waals surface area contributed by atoms with Gasteiger partial charge in [-0.1, -0.05) is 69.3 Å². The predicted octanol–water partition coefficient (Wildman–Crippen LogP) is 8.86. The van der Waals surface area contributed by atoms with Crippen LogP contribution in [0.5, 0.6) is 5.75 Å². The normalized spacial score (nSPS) is 18.1. The second kappa shape index (κ2) is 13.4. The number of ether oxygens (including phenoxy) is 1. The highest BCUT2D eigenvalue weighted by Gasteiger charge is 2.40. The van der Waals surface area contributed by atoms with Crippen LogP contribution in [0.2, 0.25) is 18.1 Å². The number of anilines is 2. The highest BCUT2D eigenvalue weighted by Crippen LogP contribution is 2.39. The molecule has 2 fully saturated rings. The number of piperidine rings is 2. The molecule has 0 spiro atoms. The van der Waals surface area contributed by atoms with Gasteiger partial charge in [0.05, 0.1) is 0 Å². The van der Waals surface area contributed by atoms with Crippen LogP contribution in [0, 0.1) is 0 Å². The summed E-state index contributed by atoms with van der Waals surface area (Å²) in [6.07, 6.45) is 3.92. The number of amides is 1. The third-order valence-corrected chi connectivity index (χ3v) is 14.6. The van der Waals surface area contributed by atoms with E-state index in [9.17, 15) is 4.79 Å². The maximum absolute atomic E-state index is 12.8. The van der Waals surface area contributed by atoms with Crippen LogP contribution in [0.4, 0.5) is 16.2 Å². The van der Waals surface area contributed by atoms with Gasteiger partial charge in [0.1, 0.15) is 12.4 Å². The number of hydrogen-bond acceptors (Lipinski definition) is 5. The molecule has 3 aromatic carbocycles. The first-order valence-electron chi connectivity index (χ1n) is 16.3. The molecule has 0 aliphatic carbocycles. The van der Waals surface area contributed by atoms with E-state index in [4.69, 9.17) is 9.16 Å². The molecular formula is C37H51N3O3Si. The molecule has 0 radical (unpaired) electrons. The average molecular weight is 614 g/mol. The molecule has 1 amide bonds. The predicted molar refractivity (Wildman–Crippen MR) is 183 cm³/mol. The van der Waals surface area contributed by atoms with Crippen LogP contribution in [-0.2, 0) is 11.3 Å². The van der Waals surface area contributed by atoms with Crippen molar-refractivity contribution in [3.8, 4) is 5.75 Å². The van der Waals surface area contributed by atoms with Gasteiger partial charge in [-0.05, 0) is 92.7 Å². The largest absolute Gasteiger partial charge is 0.544 e. The first-order valence-corrected chi connectivity index (χ1v) is 19.2. The number of carbonyl (C=O) groups is 1. The summed E-state index contributed by atoms with van der Waals surface area (Å²) in [6, 6.07) is 29.9. The summed E-state index contributed by atoms with van der Waals surface area (Å²) in [4.78, 5) is 19.8. The SMILES string of the molecule is CC1(N2CCC(N(c3ccccc3)c3ccc(O[Si](C)(C)C(C)(C)C)cc3)CC2)CCN(C(=O)OCc2ccccc2)CC1. The van der Waals surface area contributed by atoms with E-state index in [0.29, 0.717) is 12.6 Å². The van der Waals surface area contributed by atoms with Crippen LogP contribution >= 0.6 is 0 Å². The maximum Gasteiger partial charge on any atom is 0.410 e. The second-order valence-electron chi connectivity index (χ2n) is 14.3. The Bertz CT molecular complexity index is 1340. The van der Waals surface area contributed by atoms with Gasteiger partial charge in [0.2, 0.25) is 8.32 Å². The molecule has 2 aliphatic heterocycles. The summed E-state index contributed by atoms with van der Waals surface area (Å²) in [7, 11) is -1.89. The third kappa shape index (κ3) is 7.49. The van der Waals surface area contributed by atoms with E-state index in [1.54, 1.807) is 0 Å². The highest BCUT2D eigenvalue weighted by atomic mass is 28.4. The summed E-state index contributed by atoms with van der Waals surface area (Å²) in [5, 5.41) is 0.161. The molecule has 236 valence electrons. The van der Waals surface area contributed by atoms with Crippen LogP contribution in [0.1, 0.15) is 58.9 Å². The van der Waals surface area contributed by atoms with E-state index in [1.807, 2.05) is 35.2 Å². The molecule has 2 aliphatic rings. The quantitative estimate of drug-likeness (QED) is 0.238. The molecule has 0 atom stereocenters. The molecule has 0 aromatic heterocycles. The first kappa shape index (κ1) is 32.1. The number of benzene rings is 3. The van der Waals surface area contributed by atoms with Crippen LogP contribution < -0.4 is 9.33 Å².